The maximum Gasteiger partial charge on any atom is 0.212 e. The molecule has 0 spiro atoms. The molecular formula is C22H34OS. The van der Waals surface area contributed by atoms with Crippen LogP contribution in [0.2, 0.25) is 0 Å². The molecule has 1 heterocycles. The van der Waals surface area contributed by atoms with E-state index in [4.69, 9.17) is 0 Å². The average Bonchev–Trinajstić information content (AvgIpc) is 2.86. The molecule has 134 valence electrons. The fraction of sp³-hybridized carbons (Fsp3) is 0.864. The van der Waals surface area contributed by atoms with Crippen molar-refractivity contribution in [3.63, 3.8) is 0 Å². The summed E-state index contributed by atoms with van der Waals surface area (Å²) in [6.45, 7) is 12.5. The highest BCUT2D eigenvalue weighted by molar-refractivity contribution is 8.14. The van der Waals surface area contributed by atoms with Crippen LogP contribution in [0.1, 0.15) is 66.7 Å². The first kappa shape index (κ1) is 17.2. The maximum absolute atomic E-state index is 12.0. The number of carbonyl (C=O) groups is 1. The van der Waals surface area contributed by atoms with E-state index in [0.717, 1.165) is 35.5 Å². The second-order valence-electron chi connectivity index (χ2n) is 10.1. The Morgan fingerprint density at radius 2 is 1.92 bits per heavy atom. The largest absolute Gasteiger partial charge is 0.282 e. The van der Waals surface area contributed by atoms with Crippen molar-refractivity contribution >= 4 is 16.9 Å². The molecule has 0 saturated heterocycles. The molecule has 8 atom stereocenters. The molecule has 0 unspecified atom stereocenters. The van der Waals surface area contributed by atoms with E-state index in [1.165, 1.54) is 32.1 Å². The molecule has 3 fully saturated rings. The van der Waals surface area contributed by atoms with Crippen molar-refractivity contribution in [2.24, 2.45) is 46.3 Å². The summed E-state index contributed by atoms with van der Waals surface area (Å²) in [4.78, 5) is 12.0. The fourth-order valence-corrected chi connectivity index (χ4v) is 9.00. The molecule has 24 heavy (non-hydrogen) atoms. The van der Waals surface area contributed by atoms with E-state index < -0.39 is 0 Å². The third-order valence-corrected chi connectivity index (χ3v) is 10.1. The molecule has 4 rings (SSSR count). The van der Waals surface area contributed by atoms with E-state index >= 15 is 0 Å². The number of allylic oxidation sites excluding steroid dienone is 1. The lowest BCUT2D eigenvalue weighted by Crippen LogP contribution is -2.56. The van der Waals surface area contributed by atoms with E-state index in [-0.39, 0.29) is 10.5 Å². The molecular weight excluding hydrogens is 312 g/mol. The summed E-state index contributed by atoms with van der Waals surface area (Å²) >= 11 is 1.63. The lowest BCUT2D eigenvalue weighted by atomic mass is 9.46. The Kier molecular flexibility index (Phi) is 4.03. The minimum Gasteiger partial charge on any atom is -0.282 e. The van der Waals surface area contributed by atoms with Crippen LogP contribution in [-0.4, -0.2) is 10.4 Å². The summed E-state index contributed by atoms with van der Waals surface area (Å²) in [7, 11) is 0. The lowest BCUT2D eigenvalue weighted by molar-refractivity contribution is -0.108. The highest BCUT2D eigenvalue weighted by Crippen LogP contribution is 2.68. The number of rotatable bonds is 1. The standard InChI is InChI=1S/C22H34OS/c1-13(2)15-6-7-16-20-14(3)12-18-22(5,11-9-19(23)24-18)17(20)8-10-21(15,16)4/h9,11,13-18,20H,6-8,10,12H2,1-5H3/t14-,15+,16-,17-,18+,20-,21+,22+/m0/s1. The van der Waals surface area contributed by atoms with Crippen LogP contribution < -0.4 is 0 Å². The van der Waals surface area contributed by atoms with Crippen LogP contribution in [0.25, 0.3) is 0 Å². The first-order chi connectivity index (χ1) is 11.3. The van der Waals surface area contributed by atoms with E-state index in [0.29, 0.717) is 10.7 Å². The van der Waals surface area contributed by atoms with Crippen molar-refractivity contribution < 1.29 is 4.79 Å². The van der Waals surface area contributed by atoms with E-state index in [1.807, 2.05) is 6.08 Å². The molecule has 0 radical (unpaired) electrons. The van der Waals surface area contributed by atoms with Crippen molar-refractivity contribution in [3.8, 4) is 0 Å². The molecule has 0 bridgehead atoms. The minimum atomic E-state index is 0.243. The van der Waals surface area contributed by atoms with Gasteiger partial charge in [0.25, 0.3) is 0 Å². The van der Waals surface area contributed by atoms with Gasteiger partial charge in [-0.1, -0.05) is 52.5 Å². The second kappa shape index (κ2) is 5.63. The van der Waals surface area contributed by atoms with Gasteiger partial charge in [0.1, 0.15) is 0 Å². The van der Waals surface area contributed by atoms with Crippen molar-refractivity contribution in [2.45, 2.75) is 72.0 Å². The second-order valence-corrected chi connectivity index (χ2v) is 11.3. The maximum atomic E-state index is 12.0. The van der Waals surface area contributed by atoms with E-state index in [1.54, 1.807) is 11.8 Å². The van der Waals surface area contributed by atoms with Gasteiger partial charge in [0, 0.05) is 10.7 Å². The smallest absolute Gasteiger partial charge is 0.212 e. The third kappa shape index (κ3) is 2.24. The normalized spacial score (nSPS) is 53.7. The zero-order chi connectivity index (χ0) is 17.3. The first-order valence-corrected chi connectivity index (χ1v) is 11.0. The summed E-state index contributed by atoms with van der Waals surface area (Å²) in [6.07, 6.45) is 11.1. The number of fused-ring (bicyclic) bond motifs is 5. The molecule has 1 nitrogen and oxygen atoms in total. The van der Waals surface area contributed by atoms with Crippen LogP contribution >= 0.6 is 11.8 Å². The average molecular weight is 347 g/mol. The Balaban J connectivity index is 1.70. The monoisotopic (exact) mass is 346 g/mol. The summed E-state index contributed by atoms with van der Waals surface area (Å²) < 4.78 is 0. The van der Waals surface area contributed by atoms with Crippen molar-refractivity contribution in [3.05, 3.63) is 12.2 Å². The Bertz CT molecular complexity index is 566. The molecule has 0 amide bonds. The summed E-state index contributed by atoms with van der Waals surface area (Å²) in [5, 5.41) is 0.794. The van der Waals surface area contributed by atoms with Gasteiger partial charge in [-0.2, -0.15) is 0 Å². The zero-order valence-electron chi connectivity index (χ0n) is 16.0. The molecule has 3 aliphatic carbocycles. The predicted octanol–water partition coefficient (Wildman–Crippen LogP) is 5.95. The molecule has 1 aliphatic heterocycles. The minimum absolute atomic E-state index is 0.243. The summed E-state index contributed by atoms with van der Waals surface area (Å²) in [5.74, 6) is 5.07. The molecule has 0 N–H and O–H groups in total. The van der Waals surface area contributed by atoms with Crippen LogP contribution in [0, 0.1) is 46.3 Å². The van der Waals surface area contributed by atoms with E-state index in [2.05, 4.69) is 40.7 Å². The van der Waals surface area contributed by atoms with Gasteiger partial charge in [0.2, 0.25) is 5.12 Å². The number of hydrogen-bond acceptors (Lipinski definition) is 2. The van der Waals surface area contributed by atoms with Crippen molar-refractivity contribution in [1.29, 1.82) is 0 Å². The first-order valence-electron chi connectivity index (χ1n) is 10.2. The summed E-state index contributed by atoms with van der Waals surface area (Å²) in [6, 6.07) is 0. The third-order valence-electron chi connectivity index (χ3n) is 8.78. The van der Waals surface area contributed by atoms with Gasteiger partial charge in [0.05, 0.1) is 0 Å². The van der Waals surface area contributed by atoms with Crippen molar-refractivity contribution in [1.82, 2.24) is 0 Å². The zero-order valence-corrected chi connectivity index (χ0v) is 16.9. The topological polar surface area (TPSA) is 17.1 Å². The van der Waals surface area contributed by atoms with Gasteiger partial charge in [-0.05, 0) is 79.1 Å². The lowest BCUT2D eigenvalue weighted by Gasteiger charge is -2.61. The molecule has 0 aromatic rings. The van der Waals surface area contributed by atoms with Crippen LogP contribution in [-0.2, 0) is 4.79 Å². The Hall–Kier alpha value is -0.240. The van der Waals surface area contributed by atoms with E-state index in [9.17, 15) is 4.79 Å². The number of thioether (sulfide) groups is 1. The highest BCUT2D eigenvalue weighted by atomic mass is 32.2. The Labute approximate surface area is 152 Å². The fourth-order valence-electron chi connectivity index (χ4n) is 7.67. The highest BCUT2D eigenvalue weighted by Gasteiger charge is 2.61. The molecule has 4 aliphatic rings. The van der Waals surface area contributed by atoms with Gasteiger partial charge in [-0.15, -0.1) is 0 Å². The van der Waals surface area contributed by atoms with Crippen LogP contribution in [0.4, 0.5) is 0 Å². The molecule has 3 saturated carbocycles. The summed E-state index contributed by atoms with van der Waals surface area (Å²) in [5.41, 5.74) is 0.807. The molecule has 0 aromatic carbocycles. The van der Waals surface area contributed by atoms with Crippen LogP contribution in [0.5, 0.6) is 0 Å². The van der Waals surface area contributed by atoms with Gasteiger partial charge in [-0.25, -0.2) is 0 Å². The quantitative estimate of drug-likeness (QED) is 0.584. The molecule has 2 heteroatoms. The Morgan fingerprint density at radius 1 is 1.17 bits per heavy atom. The van der Waals surface area contributed by atoms with Gasteiger partial charge >= 0.3 is 0 Å². The van der Waals surface area contributed by atoms with Crippen LogP contribution in [0.15, 0.2) is 12.2 Å². The van der Waals surface area contributed by atoms with Crippen molar-refractivity contribution in [2.75, 3.05) is 0 Å². The number of hydrogen-bond donors (Lipinski definition) is 0. The number of carbonyl (C=O) groups excluding carboxylic acids is 1. The van der Waals surface area contributed by atoms with Crippen LogP contribution in [0.3, 0.4) is 0 Å². The van der Waals surface area contributed by atoms with Gasteiger partial charge < -0.3 is 0 Å². The Morgan fingerprint density at radius 3 is 2.62 bits per heavy atom. The SMILES string of the molecule is CC(C)[C@H]1CC[C@H]2[C@@H]3[C@@H](C)C[C@H]4SC(=O)C=C[C@]4(C)[C@H]3CC[C@]12C. The molecule has 0 aromatic heterocycles. The predicted molar refractivity (Wildman–Crippen MR) is 103 cm³/mol. The van der Waals surface area contributed by atoms with Gasteiger partial charge in [-0.3, -0.25) is 4.79 Å². The van der Waals surface area contributed by atoms with Gasteiger partial charge in [0.15, 0.2) is 0 Å².